The topological polar surface area (TPSA) is 107 Å². The second kappa shape index (κ2) is 7.37. The number of rotatable bonds is 4. The van der Waals surface area contributed by atoms with Gasteiger partial charge in [0, 0.05) is 12.2 Å². The third kappa shape index (κ3) is 3.93. The number of carbonyl (C=O) groups excluding carboxylic acids is 2. The summed E-state index contributed by atoms with van der Waals surface area (Å²) in [6.45, 7) is 5.62. The van der Waals surface area contributed by atoms with Gasteiger partial charge in [-0.25, -0.2) is 18.4 Å². The number of primary sulfonamides is 1. The summed E-state index contributed by atoms with van der Waals surface area (Å²) in [6.07, 6.45) is 0.508. The molecule has 8 heteroatoms. The molecule has 0 atom stereocenters. The highest BCUT2D eigenvalue weighted by molar-refractivity contribution is 7.89. The lowest BCUT2D eigenvalue weighted by atomic mass is 10.00. The van der Waals surface area contributed by atoms with Gasteiger partial charge in [-0.15, -0.1) is 0 Å². The van der Waals surface area contributed by atoms with Gasteiger partial charge in [-0.3, -0.25) is 4.79 Å². The molecule has 2 aromatic carbocycles. The fourth-order valence-electron chi connectivity index (χ4n) is 3.59. The minimum Gasteiger partial charge on any atom is -0.452 e. The van der Waals surface area contributed by atoms with Gasteiger partial charge in [0.25, 0.3) is 5.91 Å². The van der Waals surface area contributed by atoms with Crippen LogP contribution in [-0.2, 0) is 26.0 Å². The van der Waals surface area contributed by atoms with Gasteiger partial charge in [-0.05, 0) is 62.1 Å². The van der Waals surface area contributed by atoms with E-state index in [1.807, 2.05) is 32.9 Å². The van der Waals surface area contributed by atoms with Gasteiger partial charge in [0.2, 0.25) is 10.0 Å². The van der Waals surface area contributed by atoms with Crippen LogP contribution < -0.4 is 10.0 Å². The molecule has 7 nitrogen and oxygen atoms in total. The number of nitrogens with two attached hydrogens (primary N) is 1. The van der Waals surface area contributed by atoms with E-state index in [9.17, 15) is 18.0 Å². The van der Waals surface area contributed by atoms with Crippen LogP contribution in [0.3, 0.4) is 0 Å². The standard InChI is InChI=1S/C20H22N2O5S/c1-12-8-13(2)19(14(3)9-12)20(24)27-11-18(23)22-7-6-15-10-16(28(21,25)26)4-5-17(15)22/h4-5,8-10H,6-7,11H2,1-3H3,(H2,21,25,26). The van der Waals surface area contributed by atoms with Crippen LogP contribution in [-0.4, -0.2) is 33.4 Å². The van der Waals surface area contributed by atoms with Crippen molar-refractivity contribution in [2.75, 3.05) is 18.1 Å². The Balaban J connectivity index is 1.72. The molecule has 0 radical (unpaired) electrons. The number of esters is 1. The van der Waals surface area contributed by atoms with E-state index >= 15 is 0 Å². The molecule has 0 spiro atoms. The van der Waals surface area contributed by atoms with Crippen molar-refractivity contribution in [1.29, 1.82) is 0 Å². The van der Waals surface area contributed by atoms with Crippen molar-refractivity contribution in [3.63, 3.8) is 0 Å². The number of fused-ring (bicyclic) bond motifs is 1. The fraction of sp³-hybridized carbons (Fsp3) is 0.300. The average Bonchev–Trinajstić information content (AvgIpc) is 3.01. The number of hydrogen-bond acceptors (Lipinski definition) is 5. The summed E-state index contributed by atoms with van der Waals surface area (Å²) >= 11 is 0. The molecule has 0 saturated carbocycles. The summed E-state index contributed by atoms with van der Waals surface area (Å²) < 4.78 is 28.2. The maximum absolute atomic E-state index is 12.6. The molecule has 3 rings (SSSR count). The maximum Gasteiger partial charge on any atom is 0.339 e. The van der Waals surface area contributed by atoms with Crippen LogP contribution in [0.15, 0.2) is 35.2 Å². The monoisotopic (exact) mass is 402 g/mol. The third-order valence-electron chi connectivity index (χ3n) is 4.78. The van der Waals surface area contributed by atoms with Crippen molar-refractivity contribution in [2.45, 2.75) is 32.1 Å². The lowest BCUT2D eigenvalue weighted by molar-refractivity contribution is -0.121. The molecule has 1 aliphatic heterocycles. The van der Waals surface area contributed by atoms with Crippen LogP contribution in [0.4, 0.5) is 5.69 Å². The Hall–Kier alpha value is -2.71. The Labute approximate surface area is 164 Å². The van der Waals surface area contributed by atoms with Gasteiger partial charge < -0.3 is 9.64 Å². The zero-order chi connectivity index (χ0) is 20.6. The molecule has 0 aromatic heterocycles. The summed E-state index contributed by atoms with van der Waals surface area (Å²) in [7, 11) is -3.80. The molecule has 1 aliphatic rings. The van der Waals surface area contributed by atoms with Gasteiger partial charge in [0.15, 0.2) is 6.61 Å². The maximum atomic E-state index is 12.6. The number of amides is 1. The van der Waals surface area contributed by atoms with Gasteiger partial charge in [-0.1, -0.05) is 17.7 Å². The van der Waals surface area contributed by atoms with Crippen LogP contribution in [0.25, 0.3) is 0 Å². The molecule has 148 valence electrons. The minimum absolute atomic E-state index is 0.0114. The molecule has 28 heavy (non-hydrogen) atoms. The molecule has 1 heterocycles. The van der Waals surface area contributed by atoms with Gasteiger partial charge >= 0.3 is 5.97 Å². The number of sulfonamides is 1. The quantitative estimate of drug-likeness (QED) is 0.787. The van der Waals surface area contributed by atoms with Crippen LogP contribution in [0.2, 0.25) is 0 Å². The summed E-state index contributed by atoms with van der Waals surface area (Å²) in [4.78, 5) is 26.5. The summed E-state index contributed by atoms with van der Waals surface area (Å²) in [5, 5.41) is 5.15. The second-order valence-corrected chi connectivity index (χ2v) is 8.54. The smallest absolute Gasteiger partial charge is 0.339 e. The first-order valence-electron chi connectivity index (χ1n) is 8.79. The van der Waals surface area contributed by atoms with Gasteiger partial charge in [-0.2, -0.15) is 0 Å². The lowest BCUT2D eigenvalue weighted by Crippen LogP contribution is -2.33. The molecule has 0 bridgehead atoms. The molecule has 0 unspecified atom stereocenters. The zero-order valence-corrected chi connectivity index (χ0v) is 16.8. The Bertz CT molecular complexity index is 1050. The number of aryl methyl sites for hydroxylation is 3. The van der Waals surface area contributed by atoms with Crippen molar-refractivity contribution >= 4 is 27.6 Å². The fourth-order valence-corrected chi connectivity index (χ4v) is 4.16. The second-order valence-electron chi connectivity index (χ2n) is 6.98. The number of carbonyl (C=O) groups is 2. The highest BCUT2D eigenvalue weighted by Gasteiger charge is 2.27. The molecule has 2 aromatic rings. The van der Waals surface area contributed by atoms with Crippen molar-refractivity contribution in [3.05, 3.63) is 58.1 Å². The number of benzene rings is 2. The minimum atomic E-state index is -3.80. The Morgan fingerprint density at radius 1 is 1.11 bits per heavy atom. The highest BCUT2D eigenvalue weighted by atomic mass is 32.2. The van der Waals surface area contributed by atoms with E-state index in [0.717, 1.165) is 22.3 Å². The van der Waals surface area contributed by atoms with Crippen LogP contribution >= 0.6 is 0 Å². The van der Waals surface area contributed by atoms with Crippen molar-refractivity contribution in [2.24, 2.45) is 5.14 Å². The van der Waals surface area contributed by atoms with Crippen molar-refractivity contribution in [3.8, 4) is 0 Å². The van der Waals surface area contributed by atoms with E-state index < -0.39 is 16.0 Å². The summed E-state index contributed by atoms with van der Waals surface area (Å²) in [6, 6.07) is 8.18. The predicted octanol–water partition coefficient (Wildman–Crippen LogP) is 2.01. The molecule has 2 N–H and O–H groups in total. The van der Waals surface area contributed by atoms with Gasteiger partial charge in [0.05, 0.1) is 10.5 Å². The van der Waals surface area contributed by atoms with Crippen LogP contribution in [0.1, 0.15) is 32.6 Å². The average molecular weight is 402 g/mol. The molecular formula is C20H22N2O5S. The number of hydrogen-bond donors (Lipinski definition) is 1. The SMILES string of the molecule is Cc1cc(C)c(C(=O)OCC(=O)N2CCc3cc(S(N)(=O)=O)ccc32)c(C)c1. The molecular weight excluding hydrogens is 380 g/mol. The van der Waals surface area contributed by atoms with E-state index in [0.29, 0.717) is 24.2 Å². The van der Waals surface area contributed by atoms with Crippen molar-refractivity contribution < 1.29 is 22.7 Å². The largest absolute Gasteiger partial charge is 0.452 e. The molecule has 0 saturated heterocycles. The van der Waals surface area contributed by atoms with Crippen molar-refractivity contribution in [1.82, 2.24) is 0 Å². The molecule has 0 aliphatic carbocycles. The first-order chi connectivity index (χ1) is 13.1. The Morgan fingerprint density at radius 3 is 2.36 bits per heavy atom. The number of ether oxygens (including phenoxy) is 1. The first kappa shape index (κ1) is 20.0. The first-order valence-corrected chi connectivity index (χ1v) is 10.3. The summed E-state index contributed by atoms with van der Waals surface area (Å²) in [5.41, 5.74) is 4.45. The third-order valence-corrected chi connectivity index (χ3v) is 5.69. The van der Waals surface area contributed by atoms with E-state index in [1.54, 1.807) is 6.07 Å². The summed E-state index contributed by atoms with van der Waals surface area (Å²) in [5.74, 6) is -0.898. The normalized spacial score (nSPS) is 13.4. The predicted molar refractivity (Wildman–Crippen MR) is 105 cm³/mol. The van der Waals surface area contributed by atoms with E-state index in [-0.39, 0.29) is 17.4 Å². The lowest BCUT2D eigenvalue weighted by Gasteiger charge is -2.18. The van der Waals surface area contributed by atoms with Gasteiger partial charge in [0.1, 0.15) is 0 Å². The number of nitrogens with zero attached hydrogens (tertiary/aromatic N) is 1. The van der Waals surface area contributed by atoms with Crippen LogP contribution in [0.5, 0.6) is 0 Å². The Morgan fingerprint density at radius 2 is 1.75 bits per heavy atom. The van der Waals surface area contributed by atoms with Crippen LogP contribution in [0, 0.1) is 20.8 Å². The number of anilines is 1. The molecule has 0 fully saturated rings. The van der Waals surface area contributed by atoms with E-state index in [4.69, 9.17) is 9.88 Å². The zero-order valence-electron chi connectivity index (χ0n) is 16.0. The Kier molecular flexibility index (Phi) is 5.27. The highest BCUT2D eigenvalue weighted by Crippen LogP contribution is 2.30. The van der Waals surface area contributed by atoms with E-state index in [1.165, 1.54) is 17.0 Å². The van der Waals surface area contributed by atoms with E-state index in [2.05, 4.69) is 0 Å². The molecule has 1 amide bonds.